The number of aliphatic hydroxyl groups is 2. The van der Waals surface area contributed by atoms with Crippen LogP contribution in [-0.2, 0) is 20.4 Å². The van der Waals surface area contributed by atoms with Gasteiger partial charge in [0.2, 0.25) is 0 Å². The van der Waals surface area contributed by atoms with Crippen LogP contribution in [0.1, 0.15) is 11.8 Å². The molecule has 172 valence electrons. The van der Waals surface area contributed by atoms with Gasteiger partial charge in [0.05, 0.1) is 23.0 Å². The van der Waals surface area contributed by atoms with E-state index in [0.717, 1.165) is 5.56 Å². The van der Waals surface area contributed by atoms with Gasteiger partial charge < -0.3 is 30.1 Å². The van der Waals surface area contributed by atoms with Crippen LogP contribution in [-0.4, -0.2) is 64.4 Å². The van der Waals surface area contributed by atoms with Crippen LogP contribution in [0.4, 0.5) is 5.82 Å². The Morgan fingerprint density at radius 2 is 1.94 bits per heavy atom. The molecule has 3 heterocycles. The molecule has 4 rings (SSSR count). The number of nitrogens with zero attached hydrogens (tertiary/aromatic N) is 4. The zero-order valence-corrected chi connectivity index (χ0v) is 18.5. The zero-order valence-electron chi connectivity index (χ0n) is 16.1. The fourth-order valence-electron chi connectivity index (χ4n) is 3.27. The van der Waals surface area contributed by atoms with Gasteiger partial charge in [-0.25, -0.2) is 19.5 Å². The largest absolute Gasteiger partial charge is 0.469 e. The Labute approximate surface area is 191 Å². The molecule has 1 saturated heterocycles. The summed E-state index contributed by atoms with van der Waals surface area (Å²) in [4.78, 5) is 30.3. The molecule has 0 saturated carbocycles. The van der Waals surface area contributed by atoms with Crippen LogP contribution in [0.3, 0.4) is 0 Å². The third-order valence-corrected chi connectivity index (χ3v) is 6.05. The minimum atomic E-state index is -4.77. The summed E-state index contributed by atoms with van der Waals surface area (Å²) < 4.78 is 22.3. The smallest absolute Gasteiger partial charge is 0.387 e. The Balaban J connectivity index is 1.53. The zero-order chi connectivity index (χ0) is 23.0. The summed E-state index contributed by atoms with van der Waals surface area (Å²) in [6.07, 6.45) is -2.49. The first-order valence-corrected chi connectivity index (χ1v) is 11.5. The lowest BCUT2D eigenvalue weighted by molar-refractivity contribution is -0.0504. The molecule has 0 bridgehead atoms. The van der Waals surface area contributed by atoms with E-state index in [2.05, 4.69) is 24.8 Å². The molecule has 0 spiro atoms. The maximum atomic E-state index is 10.9. The van der Waals surface area contributed by atoms with Gasteiger partial charge in [-0.15, -0.1) is 0 Å². The van der Waals surface area contributed by atoms with E-state index in [0.29, 0.717) is 33.6 Å². The number of hydrogen-bond acceptors (Lipinski definition) is 9. The number of anilines is 1. The number of imidazole rings is 1. The van der Waals surface area contributed by atoms with Crippen LogP contribution in [0.5, 0.6) is 0 Å². The summed E-state index contributed by atoms with van der Waals surface area (Å²) in [7, 11) is -4.77. The lowest BCUT2D eigenvalue weighted by Gasteiger charge is -2.16. The van der Waals surface area contributed by atoms with Gasteiger partial charge >= 0.3 is 7.82 Å². The van der Waals surface area contributed by atoms with E-state index >= 15 is 0 Å². The van der Waals surface area contributed by atoms with Crippen LogP contribution < -0.4 is 5.32 Å². The fraction of sp³-hybridized carbons (Fsp3) is 0.353. The number of halogens is 2. The average molecular weight is 506 g/mol. The summed E-state index contributed by atoms with van der Waals surface area (Å²) in [5.41, 5.74) is 1.55. The Morgan fingerprint density at radius 1 is 1.16 bits per heavy atom. The summed E-state index contributed by atoms with van der Waals surface area (Å²) in [6, 6.07) is 5.21. The molecular weight excluding hydrogens is 488 g/mol. The maximum Gasteiger partial charge on any atom is 0.469 e. The van der Waals surface area contributed by atoms with Gasteiger partial charge in [-0.1, -0.05) is 29.3 Å². The van der Waals surface area contributed by atoms with E-state index < -0.39 is 39.0 Å². The standard InChI is InChI=1S/C17H18Cl2N5O7P/c18-9-2-1-8(3-10(9)19)4-20-15-12-16(22-6-21-15)24(7-23-12)17-14(26)13(25)11(31-17)5-30-32(27,28)29/h1-3,6-7,11,13-14,17,25-26H,4-5H2,(H,20,21,22)(H2,27,28,29)/t11-,13-,14-,17-/m1/s1. The second kappa shape index (κ2) is 9.18. The number of hydrogen-bond donors (Lipinski definition) is 5. The van der Waals surface area contributed by atoms with Crippen LogP contribution in [0.15, 0.2) is 30.9 Å². The number of nitrogens with one attached hydrogen (secondary N) is 1. The average Bonchev–Trinajstić information content (AvgIpc) is 3.29. The molecule has 1 fully saturated rings. The van der Waals surface area contributed by atoms with Crippen molar-refractivity contribution >= 4 is 48.0 Å². The van der Waals surface area contributed by atoms with Crippen LogP contribution in [0, 0.1) is 0 Å². The Hall–Kier alpha value is -1.86. The van der Waals surface area contributed by atoms with Crippen molar-refractivity contribution in [2.75, 3.05) is 11.9 Å². The van der Waals surface area contributed by atoms with Crippen molar-refractivity contribution in [1.29, 1.82) is 0 Å². The van der Waals surface area contributed by atoms with Crippen molar-refractivity contribution in [3.05, 3.63) is 46.5 Å². The quantitative estimate of drug-likeness (QED) is 0.294. The number of ether oxygens (including phenoxy) is 1. The van der Waals surface area contributed by atoms with E-state index in [9.17, 15) is 14.8 Å². The molecule has 4 atom stereocenters. The molecule has 0 radical (unpaired) electrons. The third kappa shape index (κ3) is 4.88. The number of benzene rings is 1. The van der Waals surface area contributed by atoms with Crippen molar-refractivity contribution in [1.82, 2.24) is 19.5 Å². The molecular formula is C17H18Cl2N5O7P. The molecule has 1 aromatic carbocycles. The molecule has 32 heavy (non-hydrogen) atoms. The summed E-state index contributed by atoms with van der Waals surface area (Å²) in [5.74, 6) is 0.411. The molecule has 0 unspecified atom stereocenters. The lowest BCUT2D eigenvalue weighted by atomic mass is 10.1. The van der Waals surface area contributed by atoms with Gasteiger partial charge in [0.15, 0.2) is 23.2 Å². The van der Waals surface area contributed by atoms with Crippen molar-refractivity contribution in [3.8, 4) is 0 Å². The summed E-state index contributed by atoms with van der Waals surface area (Å²) in [5, 5.41) is 24.6. The minimum absolute atomic E-state index is 0.310. The summed E-state index contributed by atoms with van der Waals surface area (Å²) in [6.45, 7) is -0.240. The number of rotatable bonds is 7. The highest BCUT2D eigenvalue weighted by atomic mass is 35.5. The van der Waals surface area contributed by atoms with E-state index in [1.807, 2.05) is 6.07 Å². The number of aliphatic hydroxyl groups excluding tert-OH is 2. The number of aromatic nitrogens is 4. The van der Waals surface area contributed by atoms with E-state index in [4.69, 9.17) is 37.7 Å². The van der Waals surface area contributed by atoms with Crippen LogP contribution >= 0.6 is 31.0 Å². The highest BCUT2D eigenvalue weighted by Gasteiger charge is 2.45. The predicted molar refractivity (Wildman–Crippen MR) is 113 cm³/mol. The number of phosphoric acid groups is 1. The maximum absolute atomic E-state index is 10.9. The SMILES string of the molecule is O=P(O)(O)OC[C@H]1O[C@@H](n2cnc3c(NCc4ccc(Cl)c(Cl)c4)ncnc32)[C@H](O)[C@@H]1O. The van der Waals surface area contributed by atoms with Gasteiger partial charge in [-0.3, -0.25) is 9.09 Å². The molecule has 0 aliphatic carbocycles. The first-order valence-electron chi connectivity index (χ1n) is 9.21. The van der Waals surface area contributed by atoms with E-state index in [1.165, 1.54) is 17.2 Å². The van der Waals surface area contributed by atoms with Crippen molar-refractivity contribution < 1.29 is 33.8 Å². The Kier molecular flexibility index (Phi) is 6.68. The first kappa shape index (κ1) is 23.3. The first-order chi connectivity index (χ1) is 15.1. The third-order valence-electron chi connectivity index (χ3n) is 4.82. The van der Waals surface area contributed by atoms with Gasteiger partial charge in [-0.05, 0) is 17.7 Å². The second-order valence-electron chi connectivity index (χ2n) is 6.98. The summed E-state index contributed by atoms with van der Waals surface area (Å²) >= 11 is 12.0. The van der Waals surface area contributed by atoms with Gasteiger partial charge in [0, 0.05) is 6.54 Å². The highest BCUT2D eigenvalue weighted by molar-refractivity contribution is 7.46. The van der Waals surface area contributed by atoms with Crippen LogP contribution in [0.2, 0.25) is 10.0 Å². The van der Waals surface area contributed by atoms with E-state index in [-0.39, 0.29) is 0 Å². The highest BCUT2D eigenvalue weighted by Crippen LogP contribution is 2.39. The lowest BCUT2D eigenvalue weighted by Crippen LogP contribution is -2.33. The van der Waals surface area contributed by atoms with Gasteiger partial charge in [-0.2, -0.15) is 0 Å². The van der Waals surface area contributed by atoms with E-state index in [1.54, 1.807) is 12.1 Å². The second-order valence-corrected chi connectivity index (χ2v) is 9.03. The van der Waals surface area contributed by atoms with Gasteiger partial charge in [0.25, 0.3) is 0 Å². The molecule has 12 nitrogen and oxygen atoms in total. The monoisotopic (exact) mass is 505 g/mol. The Bertz CT molecular complexity index is 1180. The van der Waals surface area contributed by atoms with Crippen molar-refractivity contribution in [2.24, 2.45) is 0 Å². The molecule has 5 N–H and O–H groups in total. The molecule has 1 aliphatic rings. The molecule has 3 aromatic rings. The molecule has 0 amide bonds. The topological polar surface area (TPSA) is 172 Å². The number of fused-ring (bicyclic) bond motifs is 1. The van der Waals surface area contributed by atoms with Gasteiger partial charge in [0.1, 0.15) is 24.6 Å². The molecule has 15 heteroatoms. The molecule has 2 aromatic heterocycles. The molecule has 1 aliphatic heterocycles. The fourth-order valence-corrected chi connectivity index (χ4v) is 3.93. The van der Waals surface area contributed by atoms with Crippen molar-refractivity contribution in [2.45, 2.75) is 31.1 Å². The minimum Gasteiger partial charge on any atom is -0.387 e. The number of phosphoric ester groups is 1. The normalized spacial score (nSPS) is 23.7. The van der Waals surface area contributed by atoms with Crippen molar-refractivity contribution in [3.63, 3.8) is 0 Å². The Morgan fingerprint density at radius 3 is 2.66 bits per heavy atom. The van der Waals surface area contributed by atoms with Crippen LogP contribution in [0.25, 0.3) is 11.2 Å². The predicted octanol–water partition coefficient (Wildman–Crippen LogP) is 1.47.